The second kappa shape index (κ2) is 6.39. The summed E-state index contributed by atoms with van der Waals surface area (Å²) in [6, 6.07) is 4.97. The molecule has 0 aliphatic heterocycles. The number of thiophene rings is 1. The highest BCUT2D eigenvalue weighted by Crippen LogP contribution is 2.36. The van der Waals surface area contributed by atoms with Crippen molar-refractivity contribution in [3.05, 3.63) is 40.6 Å². The number of rotatable bonds is 3. The van der Waals surface area contributed by atoms with Crippen LogP contribution in [0.5, 0.6) is 0 Å². The minimum absolute atomic E-state index is 0.282. The third-order valence-electron chi connectivity index (χ3n) is 2.74. The maximum absolute atomic E-state index is 12.8. The summed E-state index contributed by atoms with van der Waals surface area (Å²) in [5.74, 6) is 0. The molecule has 0 radical (unpaired) electrons. The summed E-state index contributed by atoms with van der Waals surface area (Å²) < 4.78 is 43.3. The van der Waals surface area contributed by atoms with Crippen LogP contribution in [0.25, 0.3) is 11.1 Å². The first-order valence-electron chi connectivity index (χ1n) is 6.49. The Morgan fingerprint density at radius 2 is 2.00 bits per heavy atom. The van der Waals surface area contributed by atoms with Gasteiger partial charge in [-0.15, -0.1) is 11.3 Å². The summed E-state index contributed by atoms with van der Waals surface area (Å²) in [6.07, 6.45) is -5.33. The lowest BCUT2D eigenvalue weighted by Crippen LogP contribution is -2.18. The van der Waals surface area contributed by atoms with Gasteiger partial charge in [0.05, 0.1) is 17.4 Å². The summed E-state index contributed by atoms with van der Waals surface area (Å²) in [6.45, 7) is 3.42. The van der Waals surface area contributed by atoms with Crippen LogP contribution in [0, 0.1) is 0 Å². The van der Waals surface area contributed by atoms with Gasteiger partial charge in [0.25, 0.3) is 0 Å². The second-order valence-corrected chi connectivity index (χ2v) is 5.60. The molecule has 22 heavy (non-hydrogen) atoms. The van der Waals surface area contributed by atoms with Crippen LogP contribution in [0.3, 0.4) is 0 Å². The lowest BCUT2D eigenvalue weighted by Gasteiger charge is -2.11. The summed E-state index contributed by atoms with van der Waals surface area (Å²) in [5.41, 5.74) is 0.606. The zero-order chi connectivity index (χ0) is 16.3. The van der Waals surface area contributed by atoms with Gasteiger partial charge in [-0.05, 0) is 31.5 Å². The Balaban J connectivity index is 2.28. The maximum Gasteiger partial charge on any atom is 0.416 e. The van der Waals surface area contributed by atoms with Crippen molar-refractivity contribution in [2.45, 2.75) is 26.1 Å². The molecule has 1 aromatic heterocycles. The Morgan fingerprint density at radius 1 is 1.27 bits per heavy atom. The quantitative estimate of drug-likeness (QED) is 0.820. The molecule has 3 nitrogen and oxygen atoms in total. The van der Waals surface area contributed by atoms with Crippen molar-refractivity contribution < 1.29 is 22.7 Å². The molecule has 0 bridgehead atoms. The Labute approximate surface area is 129 Å². The molecule has 0 aliphatic carbocycles. The zero-order valence-electron chi connectivity index (χ0n) is 11.9. The molecule has 0 atom stereocenters. The monoisotopic (exact) mass is 329 g/mol. The second-order valence-electron chi connectivity index (χ2n) is 4.86. The fourth-order valence-electron chi connectivity index (χ4n) is 1.83. The predicted molar refractivity (Wildman–Crippen MR) is 80.0 cm³/mol. The highest BCUT2D eigenvalue weighted by Gasteiger charge is 2.30. The average Bonchev–Trinajstić information content (AvgIpc) is 2.85. The molecular formula is C15H14F3NO2S. The lowest BCUT2D eigenvalue weighted by atomic mass is 10.0. The van der Waals surface area contributed by atoms with Gasteiger partial charge in [-0.3, -0.25) is 5.32 Å². The van der Waals surface area contributed by atoms with Crippen LogP contribution in [0.15, 0.2) is 35.0 Å². The number of hydrogen-bond acceptors (Lipinski definition) is 3. The Morgan fingerprint density at radius 3 is 2.64 bits per heavy atom. The molecule has 1 amide bonds. The number of carbonyl (C=O) groups is 1. The molecule has 1 aromatic carbocycles. The first-order chi connectivity index (χ1) is 10.3. The average molecular weight is 329 g/mol. The number of amides is 1. The largest absolute Gasteiger partial charge is 0.447 e. The summed E-state index contributed by atoms with van der Waals surface area (Å²) >= 11 is 1.28. The van der Waals surface area contributed by atoms with Crippen LogP contribution in [0.1, 0.15) is 19.4 Å². The highest BCUT2D eigenvalue weighted by molar-refractivity contribution is 7.08. The van der Waals surface area contributed by atoms with E-state index in [1.165, 1.54) is 17.4 Å². The molecule has 0 aliphatic rings. The van der Waals surface area contributed by atoms with E-state index in [0.29, 0.717) is 16.8 Å². The predicted octanol–water partition coefficient (Wildman–Crippen LogP) is 5.39. The highest BCUT2D eigenvalue weighted by atomic mass is 32.1. The van der Waals surface area contributed by atoms with Gasteiger partial charge in [0, 0.05) is 16.3 Å². The number of carbonyl (C=O) groups excluding carboxylic acids is 1. The van der Waals surface area contributed by atoms with E-state index >= 15 is 0 Å². The van der Waals surface area contributed by atoms with E-state index < -0.39 is 17.8 Å². The number of anilines is 1. The smallest absolute Gasteiger partial charge is 0.416 e. The van der Waals surface area contributed by atoms with E-state index in [4.69, 9.17) is 4.74 Å². The van der Waals surface area contributed by atoms with E-state index in [1.54, 1.807) is 30.7 Å². The van der Waals surface area contributed by atoms with Crippen LogP contribution in [0.2, 0.25) is 0 Å². The minimum Gasteiger partial charge on any atom is -0.447 e. The molecule has 0 saturated carbocycles. The van der Waals surface area contributed by atoms with Gasteiger partial charge >= 0.3 is 12.3 Å². The molecule has 7 heteroatoms. The number of hydrogen-bond donors (Lipinski definition) is 1. The van der Waals surface area contributed by atoms with Crippen LogP contribution >= 0.6 is 11.3 Å². The first-order valence-corrected chi connectivity index (χ1v) is 7.43. The third kappa shape index (κ3) is 4.00. The van der Waals surface area contributed by atoms with Crippen LogP contribution in [-0.4, -0.2) is 12.2 Å². The van der Waals surface area contributed by atoms with Crippen molar-refractivity contribution >= 4 is 23.1 Å². The fraction of sp³-hybridized carbons (Fsp3) is 0.267. The summed E-state index contributed by atoms with van der Waals surface area (Å²) in [7, 11) is 0. The van der Waals surface area contributed by atoms with E-state index in [-0.39, 0.29) is 6.10 Å². The van der Waals surface area contributed by atoms with Crippen molar-refractivity contribution in [2.24, 2.45) is 0 Å². The van der Waals surface area contributed by atoms with Gasteiger partial charge < -0.3 is 4.74 Å². The molecule has 118 valence electrons. The van der Waals surface area contributed by atoms with Gasteiger partial charge in [-0.1, -0.05) is 12.1 Å². The van der Waals surface area contributed by atoms with Gasteiger partial charge in [-0.25, -0.2) is 4.79 Å². The number of nitrogens with one attached hydrogen (secondary N) is 1. The van der Waals surface area contributed by atoms with Crippen LogP contribution in [-0.2, 0) is 10.9 Å². The molecule has 0 spiro atoms. The van der Waals surface area contributed by atoms with Crippen LogP contribution in [0.4, 0.5) is 23.7 Å². The summed E-state index contributed by atoms with van der Waals surface area (Å²) in [5, 5.41) is 5.88. The number of halogens is 3. The minimum atomic E-state index is -4.41. The molecule has 0 unspecified atom stereocenters. The van der Waals surface area contributed by atoms with Crippen molar-refractivity contribution in [1.29, 1.82) is 0 Å². The van der Waals surface area contributed by atoms with Crippen molar-refractivity contribution in [1.82, 2.24) is 0 Å². The topological polar surface area (TPSA) is 38.3 Å². The van der Waals surface area contributed by atoms with Crippen molar-refractivity contribution in [3.8, 4) is 11.1 Å². The summed E-state index contributed by atoms with van der Waals surface area (Å²) in [4.78, 5) is 11.6. The van der Waals surface area contributed by atoms with Gasteiger partial charge in [0.2, 0.25) is 0 Å². The standard InChI is InChI=1S/C15H14F3NO2S/c1-9(2)21-14(20)19-13-8-22-7-12(13)10-4-3-5-11(6-10)15(16,17)18/h3-9H,1-2H3,(H,19,20). The van der Waals surface area contributed by atoms with E-state index in [9.17, 15) is 18.0 Å². The van der Waals surface area contributed by atoms with Gasteiger partial charge in [0.1, 0.15) is 0 Å². The molecule has 1 N–H and O–H groups in total. The number of benzene rings is 1. The maximum atomic E-state index is 12.8. The molecule has 0 fully saturated rings. The van der Waals surface area contributed by atoms with Crippen molar-refractivity contribution in [3.63, 3.8) is 0 Å². The molecule has 2 rings (SSSR count). The number of ether oxygens (including phenoxy) is 1. The Bertz CT molecular complexity index is 665. The third-order valence-corrected chi connectivity index (χ3v) is 3.49. The molecule has 1 heterocycles. The Kier molecular flexibility index (Phi) is 4.75. The van der Waals surface area contributed by atoms with Gasteiger partial charge in [0.15, 0.2) is 0 Å². The van der Waals surface area contributed by atoms with Crippen molar-refractivity contribution in [2.75, 3.05) is 5.32 Å². The van der Waals surface area contributed by atoms with E-state index in [0.717, 1.165) is 12.1 Å². The Hall–Kier alpha value is -2.02. The van der Waals surface area contributed by atoms with Gasteiger partial charge in [-0.2, -0.15) is 13.2 Å². The first kappa shape index (κ1) is 16.4. The van der Waals surface area contributed by atoms with E-state index in [2.05, 4.69) is 5.32 Å². The normalized spacial score (nSPS) is 11.5. The molecular weight excluding hydrogens is 315 g/mol. The lowest BCUT2D eigenvalue weighted by molar-refractivity contribution is -0.137. The zero-order valence-corrected chi connectivity index (χ0v) is 12.7. The van der Waals surface area contributed by atoms with Crippen LogP contribution < -0.4 is 5.32 Å². The van der Waals surface area contributed by atoms with E-state index in [1.807, 2.05) is 0 Å². The fourth-order valence-corrected chi connectivity index (χ4v) is 2.62. The SMILES string of the molecule is CC(C)OC(=O)Nc1cscc1-c1cccc(C(F)(F)F)c1. The molecule has 2 aromatic rings. The molecule has 0 saturated heterocycles. The number of alkyl halides is 3.